The minimum atomic E-state index is -0.0831. The van der Waals surface area contributed by atoms with Crippen LogP contribution in [0.15, 0.2) is 18.2 Å². The van der Waals surface area contributed by atoms with Gasteiger partial charge in [-0.3, -0.25) is 0 Å². The third-order valence-corrected chi connectivity index (χ3v) is 4.28. The summed E-state index contributed by atoms with van der Waals surface area (Å²) in [5.41, 5.74) is 1.92. The summed E-state index contributed by atoms with van der Waals surface area (Å²) in [5.74, 6) is 0.501. The second kappa shape index (κ2) is 7.79. The zero-order chi connectivity index (χ0) is 15.2. The Morgan fingerprint density at radius 2 is 2.00 bits per heavy atom. The summed E-state index contributed by atoms with van der Waals surface area (Å²) in [7, 11) is 0. The smallest absolute Gasteiger partial charge is 0.129 e. The summed E-state index contributed by atoms with van der Waals surface area (Å²) in [6, 6.07) is 6.10. The lowest BCUT2D eigenvalue weighted by molar-refractivity contribution is 0.527. The van der Waals surface area contributed by atoms with Crippen LogP contribution < -0.4 is 10.2 Å². The number of halogens is 1. The topological polar surface area (TPSA) is 15.3 Å². The van der Waals surface area contributed by atoms with E-state index in [1.807, 2.05) is 6.07 Å². The van der Waals surface area contributed by atoms with Crippen LogP contribution in [0, 0.1) is 11.7 Å². The maximum atomic E-state index is 14.3. The maximum absolute atomic E-state index is 14.3. The van der Waals surface area contributed by atoms with Gasteiger partial charge in [0.1, 0.15) is 5.82 Å². The molecule has 0 bridgehead atoms. The second-order valence-corrected chi connectivity index (χ2v) is 6.50. The molecule has 0 aromatic heterocycles. The zero-order valence-electron chi connectivity index (χ0n) is 13.7. The Bertz CT molecular complexity index is 439. The third kappa shape index (κ3) is 4.19. The van der Waals surface area contributed by atoms with Crippen LogP contribution in [0.2, 0.25) is 0 Å². The molecule has 1 aliphatic carbocycles. The van der Waals surface area contributed by atoms with E-state index in [1.54, 1.807) is 6.07 Å². The number of rotatable bonds is 7. The van der Waals surface area contributed by atoms with Crippen molar-refractivity contribution in [3.8, 4) is 0 Å². The van der Waals surface area contributed by atoms with Gasteiger partial charge in [0.15, 0.2) is 0 Å². The molecule has 1 saturated carbocycles. The Labute approximate surface area is 128 Å². The lowest BCUT2D eigenvalue weighted by Gasteiger charge is -2.34. The molecule has 0 radical (unpaired) electrons. The van der Waals surface area contributed by atoms with Gasteiger partial charge in [-0.1, -0.05) is 39.7 Å². The Hall–Kier alpha value is -1.09. The largest absolute Gasteiger partial charge is 0.368 e. The van der Waals surface area contributed by atoms with Crippen molar-refractivity contribution in [1.82, 2.24) is 5.32 Å². The van der Waals surface area contributed by atoms with E-state index in [1.165, 1.54) is 25.7 Å². The first-order valence-corrected chi connectivity index (χ1v) is 8.38. The number of benzene rings is 1. The highest BCUT2D eigenvalue weighted by Gasteiger charge is 2.25. The normalized spacial score (nSPS) is 15.9. The van der Waals surface area contributed by atoms with E-state index in [-0.39, 0.29) is 5.82 Å². The van der Waals surface area contributed by atoms with Crippen molar-refractivity contribution in [3.63, 3.8) is 0 Å². The van der Waals surface area contributed by atoms with Gasteiger partial charge in [0, 0.05) is 30.4 Å². The van der Waals surface area contributed by atoms with Gasteiger partial charge < -0.3 is 10.2 Å². The van der Waals surface area contributed by atoms with Crippen LogP contribution >= 0.6 is 0 Å². The summed E-state index contributed by atoms with van der Waals surface area (Å²) in [6.07, 6.45) is 5.09. The van der Waals surface area contributed by atoms with Crippen molar-refractivity contribution < 1.29 is 4.39 Å². The molecule has 0 amide bonds. The van der Waals surface area contributed by atoms with E-state index < -0.39 is 0 Å². The van der Waals surface area contributed by atoms with Crippen LogP contribution in [0.3, 0.4) is 0 Å². The highest BCUT2D eigenvalue weighted by Crippen LogP contribution is 2.32. The third-order valence-electron chi connectivity index (χ3n) is 4.28. The SMILES string of the molecule is CCNCc1c(F)cccc1N(CC(C)C)C1CCCC1. The molecule has 2 rings (SSSR count). The molecule has 0 heterocycles. The lowest BCUT2D eigenvalue weighted by Crippen LogP contribution is -2.37. The molecule has 21 heavy (non-hydrogen) atoms. The summed E-state index contributed by atoms with van der Waals surface area (Å²) < 4.78 is 14.3. The van der Waals surface area contributed by atoms with Crippen molar-refractivity contribution >= 4 is 5.69 Å². The van der Waals surface area contributed by atoms with Gasteiger partial charge >= 0.3 is 0 Å². The fourth-order valence-corrected chi connectivity index (χ4v) is 3.29. The first-order chi connectivity index (χ1) is 10.1. The number of hydrogen-bond acceptors (Lipinski definition) is 2. The van der Waals surface area contributed by atoms with Crippen LogP contribution in [0.4, 0.5) is 10.1 Å². The minimum Gasteiger partial charge on any atom is -0.368 e. The predicted molar refractivity (Wildman–Crippen MR) is 88.2 cm³/mol. The molecule has 2 nitrogen and oxygen atoms in total. The molecular weight excluding hydrogens is 263 g/mol. The van der Waals surface area contributed by atoms with Gasteiger partial charge in [0.25, 0.3) is 0 Å². The van der Waals surface area contributed by atoms with Crippen LogP contribution in [-0.2, 0) is 6.54 Å². The Kier molecular flexibility index (Phi) is 6.04. The highest BCUT2D eigenvalue weighted by molar-refractivity contribution is 5.55. The fraction of sp³-hybridized carbons (Fsp3) is 0.667. The quantitative estimate of drug-likeness (QED) is 0.804. The van der Waals surface area contributed by atoms with Gasteiger partial charge in [-0.25, -0.2) is 4.39 Å². The zero-order valence-corrected chi connectivity index (χ0v) is 13.7. The first kappa shape index (κ1) is 16.3. The van der Waals surface area contributed by atoms with E-state index in [0.29, 0.717) is 18.5 Å². The minimum absolute atomic E-state index is 0.0831. The summed E-state index contributed by atoms with van der Waals surface area (Å²) >= 11 is 0. The van der Waals surface area contributed by atoms with E-state index in [4.69, 9.17) is 0 Å². The van der Waals surface area contributed by atoms with Gasteiger partial charge in [0.05, 0.1) is 0 Å². The van der Waals surface area contributed by atoms with Crippen LogP contribution in [0.5, 0.6) is 0 Å². The summed E-state index contributed by atoms with van der Waals surface area (Å²) in [6.45, 7) is 9.02. The monoisotopic (exact) mass is 292 g/mol. The van der Waals surface area contributed by atoms with Gasteiger partial charge in [-0.15, -0.1) is 0 Å². The first-order valence-electron chi connectivity index (χ1n) is 8.38. The average Bonchev–Trinajstić information content (AvgIpc) is 2.97. The summed E-state index contributed by atoms with van der Waals surface area (Å²) in [5, 5.41) is 3.28. The number of nitrogens with zero attached hydrogens (tertiary/aromatic N) is 1. The van der Waals surface area contributed by atoms with Crippen molar-refractivity contribution in [2.75, 3.05) is 18.0 Å². The van der Waals surface area contributed by atoms with Gasteiger partial charge in [0.2, 0.25) is 0 Å². The molecule has 0 atom stereocenters. The molecule has 118 valence electrons. The summed E-state index contributed by atoms with van der Waals surface area (Å²) in [4.78, 5) is 2.47. The second-order valence-electron chi connectivity index (χ2n) is 6.50. The molecule has 0 aliphatic heterocycles. The molecule has 3 heteroatoms. The Morgan fingerprint density at radius 3 is 2.62 bits per heavy atom. The molecule has 1 aromatic rings. The van der Waals surface area contributed by atoms with E-state index in [0.717, 1.165) is 24.3 Å². The Morgan fingerprint density at radius 1 is 1.29 bits per heavy atom. The molecule has 1 fully saturated rings. The molecule has 0 spiro atoms. The maximum Gasteiger partial charge on any atom is 0.129 e. The fourth-order valence-electron chi connectivity index (χ4n) is 3.29. The van der Waals surface area contributed by atoms with Crippen molar-refractivity contribution in [2.24, 2.45) is 5.92 Å². The van der Waals surface area contributed by atoms with E-state index >= 15 is 0 Å². The molecule has 1 aliphatic rings. The highest BCUT2D eigenvalue weighted by atomic mass is 19.1. The predicted octanol–water partition coefficient (Wildman–Crippen LogP) is 4.34. The van der Waals surface area contributed by atoms with Gasteiger partial charge in [-0.05, 0) is 37.4 Å². The molecule has 0 unspecified atom stereocenters. The van der Waals surface area contributed by atoms with E-state index in [9.17, 15) is 4.39 Å². The van der Waals surface area contributed by atoms with Crippen molar-refractivity contribution in [2.45, 2.75) is 59.0 Å². The molecule has 1 N–H and O–H groups in total. The van der Waals surface area contributed by atoms with Gasteiger partial charge in [-0.2, -0.15) is 0 Å². The van der Waals surface area contributed by atoms with Crippen LogP contribution in [0.1, 0.15) is 52.0 Å². The average molecular weight is 292 g/mol. The Balaban J connectivity index is 2.31. The van der Waals surface area contributed by atoms with Crippen LogP contribution in [-0.4, -0.2) is 19.1 Å². The molecular formula is C18H29FN2. The number of nitrogens with one attached hydrogen (secondary N) is 1. The standard InChI is InChI=1S/C18H29FN2/c1-4-20-12-16-17(19)10-7-11-18(16)21(13-14(2)3)15-8-5-6-9-15/h7,10-11,14-15,20H,4-6,8-9,12-13H2,1-3H3. The lowest BCUT2D eigenvalue weighted by atomic mass is 10.1. The number of hydrogen-bond donors (Lipinski definition) is 1. The van der Waals surface area contributed by atoms with Crippen molar-refractivity contribution in [3.05, 3.63) is 29.6 Å². The van der Waals surface area contributed by atoms with Crippen molar-refractivity contribution in [1.29, 1.82) is 0 Å². The number of anilines is 1. The molecule has 1 aromatic carbocycles. The van der Waals surface area contributed by atoms with E-state index in [2.05, 4.69) is 37.1 Å². The molecule has 0 saturated heterocycles. The van der Waals surface area contributed by atoms with Crippen LogP contribution in [0.25, 0.3) is 0 Å².